The van der Waals surface area contributed by atoms with Gasteiger partial charge in [-0.2, -0.15) is 5.10 Å². The number of rotatable bonds is 3. The van der Waals surface area contributed by atoms with Gasteiger partial charge in [0.15, 0.2) is 0 Å². The van der Waals surface area contributed by atoms with Crippen molar-refractivity contribution in [1.82, 2.24) is 10.4 Å². The lowest BCUT2D eigenvalue weighted by atomic mass is 10.2. The van der Waals surface area contributed by atoms with Crippen LogP contribution in [0.15, 0.2) is 47.7 Å². The Morgan fingerprint density at radius 2 is 2.00 bits per heavy atom. The molecule has 1 N–H and O–H groups in total. The first kappa shape index (κ1) is 13.5. The summed E-state index contributed by atoms with van der Waals surface area (Å²) in [6.07, 6.45) is 2.97. The summed E-state index contributed by atoms with van der Waals surface area (Å²) in [5.41, 5.74) is 3.34. The van der Waals surface area contributed by atoms with E-state index < -0.39 is 5.91 Å². The summed E-state index contributed by atoms with van der Waals surface area (Å²) in [5.74, 6) is -0.429. The van der Waals surface area contributed by atoms with Crippen molar-refractivity contribution in [2.75, 3.05) is 0 Å². The van der Waals surface area contributed by atoms with Crippen LogP contribution in [0.1, 0.15) is 15.9 Å². The normalized spacial score (nSPS) is 10.6. The highest BCUT2D eigenvalue weighted by molar-refractivity contribution is 6.33. The van der Waals surface area contributed by atoms with Gasteiger partial charge >= 0.3 is 0 Å². The summed E-state index contributed by atoms with van der Waals surface area (Å²) >= 11 is 11.7. The summed E-state index contributed by atoms with van der Waals surface area (Å²) in [7, 11) is 0. The minimum Gasteiger partial charge on any atom is -0.267 e. The quantitative estimate of drug-likeness (QED) is 0.537. The molecule has 1 aromatic carbocycles. The molecule has 0 unspecified atom stereocenters. The van der Waals surface area contributed by atoms with Crippen LogP contribution in [-0.4, -0.2) is 17.1 Å². The van der Waals surface area contributed by atoms with Crippen LogP contribution in [0, 0.1) is 0 Å². The predicted molar refractivity (Wildman–Crippen MR) is 75.8 cm³/mol. The standard InChI is InChI=1S/C13H9Cl2N3O/c14-11-6-2-1-4-9(11)8-17-18-13(19)10-5-3-7-16-12(10)15/h1-8H,(H,18,19). The molecular weight excluding hydrogens is 285 g/mol. The molecule has 2 aromatic rings. The minimum atomic E-state index is -0.429. The van der Waals surface area contributed by atoms with Gasteiger partial charge in [0.1, 0.15) is 5.15 Å². The monoisotopic (exact) mass is 293 g/mol. The van der Waals surface area contributed by atoms with E-state index in [1.807, 2.05) is 12.1 Å². The molecule has 0 aliphatic carbocycles. The molecule has 0 saturated carbocycles. The molecule has 0 bridgehead atoms. The largest absolute Gasteiger partial charge is 0.274 e. The fourth-order valence-corrected chi connectivity index (χ4v) is 1.75. The smallest absolute Gasteiger partial charge is 0.267 e. The number of amides is 1. The van der Waals surface area contributed by atoms with Crippen LogP contribution in [0.3, 0.4) is 0 Å². The van der Waals surface area contributed by atoms with Crippen molar-refractivity contribution in [2.24, 2.45) is 5.10 Å². The van der Waals surface area contributed by atoms with Crippen molar-refractivity contribution < 1.29 is 4.79 Å². The number of carbonyl (C=O) groups is 1. The molecule has 1 aromatic heterocycles. The molecule has 96 valence electrons. The first-order valence-corrected chi connectivity index (χ1v) is 6.12. The Morgan fingerprint density at radius 1 is 1.21 bits per heavy atom. The second-order valence-electron chi connectivity index (χ2n) is 3.56. The van der Waals surface area contributed by atoms with Gasteiger partial charge in [-0.15, -0.1) is 0 Å². The van der Waals surface area contributed by atoms with Crippen LogP contribution in [0.5, 0.6) is 0 Å². The number of halogens is 2. The zero-order valence-corrected chi connectivity index (χ0v) is 11.2. The van der Waals surface area contributed by atoms with Gasteiger partial charge in [-0.05, 0) is 18.2 Å². The van der Waals surface area contributed by atoms with Crippen LogP contribution >= 0.6 is 23.2 Å². The molecule has 0 aliphatic rings. The maximum Gasteiger partial charge on any atom is 0.274 e. The number of hydrogen-bond donors (Lipinski definition) is 1. The number of hydrogen-bond acceptors (Lipinski definition) is 3. The number of benzene rings is 1. The molecule has 1 amide bonds. The van der Waals surface area contributed by atoms with Crippen molar-refractivity contribution >= 4 is 35.3 Å². The lowest BCUT2D eigenvalue weighted by Crippen LogP contribution is -2.18. The molecule has 0 radical (unpaired) electrons. The van der Waals surface area contributed by atoms with E-state index in [1.54, 1.807) is 24.3 Å². The molecule has 19 heavy (non-hydrogen) atoms. The summed E-state index contributed by atoms with van der Waals surface area (Å²) in [6, 6.07) is 10.4. The van der Waals surface area contributed by atoms with E-state index in [4.69, 9.17) is 23.2 Å². The topological polar surface area (TPSA) is 54.4 Å². The molecule has 2 rings (SSSR count). The Hall–Kier alpha value is -1.91. The number of carbonyl (C=O) groups excluding carboxylic acids is 1. The number of aromatic nitrogens is 1. The van der Waals surface area contributed by atoms with Gasteiger partial charge in [0.05, 0.1) is 11.8 Å². The first-order valence-electron chi connectivity index (χ1n) is 5.37. The van der Waals surface area contributed by atoms with Crippen molar-refractivity contribution in [1.29, 1.82) is 0 Å². The zero-order chi connectivity index (χ0) is 13.7. The third-order valence-corrected chi connectivity index (χ3v) is 2.92. The van der Waals surface area contributed by atoms with E-state index in [0.29, 0.717) is 10.6 Å². The van der Waals surface area contributed by atoms with Crippen LogP contribution in [-0.2, 0) is 0 Å². The maximum absolute atomic E-state index is 11.8. The fraction of sp³-hybridized carbons (Fsp3) is 0. The van der Waals surface area contributed by atoms with Gasteiger partial charge in [0.25, 0.3) is 5.91 Å². The average Bonchev–Trinajstić information content (AvgIpc) is 2.41. The highest BCUT2D eigenvalue weighted by Gasteiger charge is 2.09. The Morgan fingerprint density at radius 3 is 2.74 bits per heavy atom. The third kappa shape index (κ3) is 3.53. The lowest BCUT2D eigenvalue weighted by molar-refractivity contribution is 0.0955. The fourth-order valence-electron chi connectivity index (χ4n) is 1.36. The third-order valence-electron chi connectivity index (χ3n) is 2.28. The van der Waals surface area contributed by atoms with E-state index >= 15 is 0 Å². The van der Waals surface area contributed by atoms with E-state index in [2.05, 4.69) is 15.5 Å². The van der Waals surface area contributed by atoms with Crippen molar-refractivity contribution in [2.45, 2.75) is 0 Å². The van der Waals surface area contributed by atoms with Crippen LogP contribution in [0.4, 0.5) is 0 Å². The molecule has 0 atom stereocenters. The minimum absolute atomic E-state index is 0.132. The van der Waals surface area contributed by atoms with Gasteiger partial charge in [0, 0.05) is 16.8 Å². The molecule has 0 fully saturated rings. The predicted octanol–water partition coefficient (Wildman–Crippen LogP) is 3.15. The van der Waals surface area contributed by atoms with Gasteiger partial charge in [-0.25, -0.2) is 10.4 Å². The molecule has 6 heteroatoms. The number of nitrogens with one attached hydrogen (secondary N) is 1. The second-order valence-corrected chi connectivity index (χ2v) is 4.33. The highest BCUT2D eigenvalue weighted by atomic mass is 35.5. The summed E-state index contributed by atoms with van der Waals surface area (Å²) in [6.45, 7) is 0. The maximum atomic E-state index is 11.8. The van der Waals surface area contributed by atoms with Crippen LogP contribution in [0.25, 0.3) is 0 Å². The lowest BCUT2D eigenvalue weighted by Gasteiger charge is -2.01. The van der Waals surface area contributed by atoms with E-state index in [9.17, 15) is 4.79 Å². The SMILES string of the molecule is O=C(NN=Cc1ccccc1Cl)c1cccnc1Cl. The van der Waals surface area contributed by atoms with Gasteiger partial charge < -0.3 is 0 Å². The van der Waals surface area contributed by atoms with Gasteiger partial charge in [-0.1, -0.05) is 41.4 Å². The molecule has 4 nitrogen and oxygen atoms in total. The van der Waals surface area contributed by atoms with Gasteiger partial charge in [-0.3, -0.25) is 4.79 Å². The first-order chi connectivity index (χ1) is 9.18. The Kier molecular flexibility index (Phi) is 4.49. The number of pyridine rings is 1. The Labute approximate surface area is 120 Å². The highest BCUT2D eigenvalue weighted by Crippen LogP contribution is 2.13. The summed E-state index contributed by atoms with van der Waals surface area (Å²) in [5, 5.41) is 4.51. The molecule has 0 spiro atoms. The van der Waals surface area contributed by atoms with Crippen LogP contribution < -0.4 is 5.43 Å². The van der Waals surface area contributed by atoms with Crippen LogP contribution in [0.2, 0.25) is 10.2 Å². The van der Waals surface area contributed by atoms with Crippen molar-refractivity contribution in [3.05, 3.63) is 63.9 Å². The van der Waals surface area contributed by atoms with E-state index in [0.717, 1.165) is 0 Å². The molecule has 0 aliphatic heterocycles. The number of hydrazone groups is 1. The molecule has 0 saturated heterocycles. The molecular formula is C13H9Cl2N3O. The second kappa shape index (κ2) is 6.31. The Balaban J connectivity index is 2.06. The summed E-state index contributed by atoms with van der Waals surface area (Å²) < 4.78 is 0. The van der Waals surface area contributed by atoms with Crippen molar-refractivity contribution in [3.63, 3.8) is 0 Å². The van der Waals surface area contributed by atoms with E-state index in [1.165, 1.54) is 12.4 Å². The van der Waals surface area contributed by atoms with Crippen molar-refractivity contribution in [3.8, 4) is 0 Å². The zero-order valence-electron chi connectivity index (χ0n) is 9.68. The van der Waals surface area contributed by atoms with E-state index in [-0.39, 0.29) is 10.7 Å². The van der Waals surface area contributed by atoms with Gasteiger partial charge in [0.2, 0.25) is 0 Å². The summed E-state index contributed by atoms with van der Waals surface area (Å²) in [4.78, 5) is 15.6. The molecule has 1 heterocycles. The number of nitrogens with zero attached hydrogens (tertiary/aromatic N) is 2. The Bertz CT molecular complexity index is 629. The average molecular weight is 294 g/mol.